The highest BCUT2D eigenvalue weighted by Crippen LogP contribution is 2.21. The fourth-order valence-corrected chi connectivity index (χ4v) is 3.47. The quantitative estimate of drug-likeness (QED) is 0.728. The molecule has 1 heterocycles. The van der Waals surface area contributed by atoms with Crippen molar-refractivity contribution in [2.75, 3.05) is 26.2 Å². The number of nitrogens with one attached hydrogen (secondary N) is 2. The Bertz CT molecular complexity index is 735. The summed E-state index contributed by atoms with van der Waals surface area (Å²) in [5, 5.41) is 5.87. The monoisotopic (exact) mass is 403 g/mol. The standard InChI is InChI=1S/C22H33N3O4/c1-5-11-23-22(28)18-9-10-19(13-25(12-18)17(4)26)24-21(27)14-29-20-8-6-7-15(2)16(20)3/h6-8,18-19H,5,9-14H2,1-4H3,(H,23,28)(H,24,27)/t18-,19+/m1/s1. The number of carbonyl (C=O) groups is 3. The zero-order valence-electron chi connectivity index (χ0n) is 17.9. The number of rotatable bonds is 7. The molecule has 7 nitrogen and oxygen atoms in total. The lowest BCUT2D eigenvalue weighted by Crippen LogP contribution is -2.46. The Morgan fingerprint density at radius 3 is 2.62 bits per heavy atom. The average molecular weight is 404 g/mol. The summed E-state index contributed by atoms with van der Waals surface area (Å²) in [5.41, 5.74) is 2.12. The van der Waals surface area contributed by atoms with E-state index in [1.807, 2.05) is 39.0 Å². The van der Waals surface area contributed by atoms with Crippen LogP contribution in [-0.4, -0.2) is 54.9 Å². The van der Waals surface area contributed by atoms with Crippen LogP contribution in [0.2, 0.25) is 0 Å². The van der Waals surface area contributed by atoms with Crippen molar-refractivity contribution in [2.24, 2.45) is 5.92 Å². The molecular weight excluding hydrogens is 370 g/mol. The van der Waals surface area contributed by atoms with Gasteiger partial charge in [-0.15, -0.1) is 0 Å². The van der Waals surface area contributed by atoms with Crippen molar-refractivity contribution >= 4 is 17.7 Å². The largest absolute Gasteiger partial charge is 0.483 e. The molecule has 0 aliphatic carbocycles. The molecule has 1 aliphatic rings. The van der Waals surface area contributed by atoms with E-state index >= 15 is 0 Å². The smallest absolute Gasteiger partial charge is 0.258 e. The molecule has 1 fully saturated rings. The molecule has 2 N–H and O–H groups in total. The fourth-order valence-electron chi connectivity index (χ4n) is 3.47. The molecule has 0 bridgehead atoms. The van der Waals surface area contributed by atoms with E-state index in [0.29, 0.717) is 38.2 Å². The summed E-state index contributed by atoms with van der Waals surface area (Å²) in [7, 11) is 0. The van der Waals surface area contributed by atoms with Crippen LogP contribution in [0.3, 0.4) is 0 Å². The van der Waals surface area contributed by atoms with E-state index in [1.54, 1.807) is 4.90 Å². The van der Waals surface area contributed by atoms with E-state index in [2.05, 4.69) is 10.6 Å². The van der Waals surface area contributed by atoms with Crippen molar-refractivity contribution in [3.63, 3.8) is 0 Å². The van der Waals surface area contributed by atoms with E-state index in [-0.39, 0.29) is 36.3 Å². The van der Waals surface area contributed by atoms with Crippen LogP contribution >= 0.6 is 0 Å². The van der Waals surface area contributed by atoms with Gasteiger partial charge in [-0.25, -0.2) is 0 Å². The second-order valence-electron chi connectivity index (χ2n) is 7.74. The first-order valence-corrected chi connectivity index (χ1v) is 10.3. The second-order valence-corrected chi connectivity index (χ2v) is 7.74. The highest BCUT2D eigenvalue weighted by molar-refractivity contribution is 5.81. The van der Waals surface area contributed by atoms with E-state index < -0.39 is 0 Å². The van der Waals surface area contributed by atoms with Gasteiger partial charge in [0.2, 0.25) is 11.8 Å². The van der Waals surface area contributed by atoms with Gasteiger partial charge in [-0.2, -0.15) is 0 Å². The van der Waals surface area contributed by atoms with Gasteiger partial charge in [0.15, 0.2) is 6.61 Å². The lowest BCUT2D eigenvalue weighted by molar-refractivity contribution is -0.132. The predicted molar refractivity (Wildman–Crippen MR) is 112 cm³/mol. The first-order chi connectivity index (χ1) is 13.8. The number of nitrogens with zero attached hydrogens (tertiary/aromatic N) is 1. The molecular formula is C22H33N3O4. The third-order valence-electron chi connectivity index (χ3n) is 5.39. The molecule has 0 aromatic heterocycles. The molecule has 1 aromatic carbocycles. The lowest BCUT2D eigenvalue weighted by atomic mass is 10.0. The minimum atomic E-state index is -0.251. The van der Waals surface area contributed by atoms with E-state index in [0.717, 1.165) is 17.5 Å². The van der Waals surface area contributed by atoms with Gasteiger partial charge in [-0.05, 0) is 50.3 Å². The van der Waals surface area contributed by atoms with Crippen LogP contribution in [0.25, 0.3) is 0 Å². The van der Waals surface area contributed by atoms with Crippen LogP contribution in [-0.2, 0) is 14.4 Å². The summed E-state index contributed by atoms with van der Waals surface area (Å²) in [6.45, 7) is 8.79. The van der Waals surface area contributed by atoms with Gasteiger partial charge in [0.05, 0.1) is 5.92 Å². The SMILES string of the molecule is CCCNC(=O)[C@@H]1CC[C@H](NC(=O)COc2cccc(C)c2C)CN(C(C)=O)C1. The van der Waals surface area contributed by atoms with Crippen LogP contribution in [0.15, 0.2) is 18.2 Å². The molecule has 2 rings (SSSR count). The summed E-state index contributed by atoms with van der Waals surface area (Å²) in [4.78, 5) is 38.4. The number of ether oxygens (including phenoxy) is 1. The van der Waals surface area contributed by atoms with Crippen molar-refractivity contribution < 1.29 is 19.1 Å². The summed E-state index contributed by atoms with van der Waals surface area (Å²) in [6, 6.07) is 5.54. The maximum atomic E-state index is 12.4. The van der Waals surface area contributed by atoms with E-state index in [1.165, 1.54) is 6.92 Å². The highest BCUT2D eigenvalue weighted by Gasteiger charge is 2.30. The van der Waals surface area contributed by atoms with Gasteiger partial charge in [0, 0.05) is 32.6 Å². The Labute approximate surface area is 173 Å². The Morgan fingerprint density at radius 2 is 1.93 bits per heavy atom. The van der Waals surface area contributed by atoms with Gasteiger partial charge in [0.1, 0.15) is 5.75 Å². The molecule has 160 valence electrons. The van der Waals surface area contributed by atoms with Crippen LogP contribution in [0, 0.1) is 19.8 Å². The van der Waals surface area contributed by atoms with Crippen LogP contribution < -0.4 is 15.4 Å². The highest BCUT2D eigenvalue weighted by atomic mass is 16.5. The fraction of sp³-hybridized carbons (Fsp3) is 0.591. The van der Waals surface area contributed by atoms with Crippen molar-refractivity contribution in [1.29, 1.82) is 0 Å². The number of benzene rings is 1. The third-order valence-corrected chi connectivity index (χ3v) is 5.39. The molecule has 0 radical (unpaired) electrons. The van der Waals surface area contributed by atoms with Crippen molar-refractivity contribution in [1.82, 2.24) is 15.5 Å². The third kappa shape index (κ3) is 6.76. The predicted octanol–water partition coefficient (Wildman–Crippen LogP) is 1.95. The van der Waals surface area contributed by atoms with Crippen LogP contribution in [0.4, 0.5) is 0 Å². The van der Waals surface area contributed by atoms with Crippen molar-refractivity contribution in [3.05, 3.63) is 29.3 Å². The number of likely N-dealkylation sites (tertiary alicyclic amines) is 1. The Balaban J connectivity index is 1.93. The molecule has 0 saturated carbocycles. The van der Waals surface area contributed by atoms with Crippen LogP contribution in [0.5, 0.6) is 5.75 Å². The molecule has 29 heavy (non-hydrogen) atoms. The minimum absolute atomic E-state index is 0.0247. The van der Waals surface area contributed by atoms with Gasteiger partial charge in [-0.1, -0.05) is 19.1 Å². The van der Waals surface area contributed by atoms with E-state index in [9.17, 15) is 14.4 Å². The Kier molecular flexibility index (Phi) is 8.49. The number of hydrogen-bond acceptors (Lipinski definition) is 4. The summed E-state index contributed by atoms with van der Waals surface area (Å²) >= 11 is 0. The normalized spacial score (nSPS) is 19.2. The summed E-state index contributed by atoms with van der Waals surface area (Å²) in [5.74, 6) is 0.0975. The average Bonchev–Trinajstić information content (AvgIpc) is 2.90. The molecule has 1 aliphatic heterocycles. The topological polar surface area (TPSA) is 87.7 Å². The van der Waals surface area contributed by atoms with Crippen molar-refractivity contribution in [2.45, 2.75) is 53.0 Å². The summed E-state index contributed by atoms with van der Waals surface area (Å²) in [6.07, 6.45) is 2.14. The second kappa shape index (κ2) is 10.8. The molecule has 2 atom stereocenters. The van der Waals surface area contributed by atoms with Gasteiger partial charge in [-0.3, -0.25) is 14.4 Å². The first-order valence-electron chi connectivity index (χ1n) is 10.3. The number of hydrogen-bond donors (Lipinski definition) is 2. The zero-order valence-corrected chi connectivity index (χ0v) is 17.9. The van der Waals surface area contributed by atoms with Gasteiger partial charge < -0.3 is 20.3 Å². The Morgan fingerprint density at radius 1 is 1.17 bits per heavy atom. The first kappa shape index (κ1) is 22.7. The molecule has 0 spiro atoms. The lowest BCUT2D eigenvalue weighted by Gasteiger charge is -2.25. The summed E-state index contributed by atoms with van der Waals surface area (Å²) < 4.78 is 5.67. The molecule has 1 aromatic rings. The van der Waals surface area contributed by atoms with Gasteiger partial charge >= 0.3 is 0 Å². The maximum Gasteiger partial charge on any atom is 0.258 e. The zero-order chi connectivity index (χ0) is 21.4. The number of amides is 3. The molecule has 7 heteroatoms. The molecule has 3 amide bonds. The molecule has 0 unspecified atom stereocenters. The number of aryl methyl sites for hydroxylation is 1. The maximum absolute atomic E-state index is 12.4. The number of carbonyl (C=O) groups excluding carboxylic acids is 3. The Hall–Kier alpha value is -2.57. The van der Waals surface area contributed by atoms with Crippen molar-refractivity contribution in [3.8, 4) is 5.75 Å². The van der Waals surface area contributed by atoms with Gasteiger partial charge in [0.25, 0.3) is 5.91 Å². The van der Waals surface area contributed by atoms with Crippen LogP contribution in [0.1, 0.15) is 44.2 Å². The molecule has 1 saturated heterocycles. The van der Waals surface area contributed by atoms with E-state index in [4.69, 9.17) is 4.74 Å². The minimum Gasteiger partial charge on any atom is -0.483 e.